The van der Waals surface area contributed by atoms with Gasteiger partial charge in [-0.1, -0.05) is 91.0 Å². The number of fused-ring (bicyclic) bond motifs is 3. The number of pyridine rings is 1. The van der Waals surface area contributed by atoms with Crippen molar-refractivity contribution in [3.8, 4) is 45.3 Å². The monoisotopic (exact) mass is 476 g/mol. The van der Waals surface area contributed by atoms with Gasteiger partial charge in [0, 0.05) is 33.8 Å². The molecule has 0 aliphatic rings. The summed E-state index contributed by atoms with van der Waals surface area (Å²) in [4.78, 5) is 19.1. The highest BCUT2D eigenvalue weighted by Gasteiger charge is 2.16. The molecule has 5 heteroatoms. The Kier molecular flexibility index (Phi) is 5.03. The molecule has 174 valence electrons. The molecule has 0 aliphatic heterocycles. The predicted octanol–water partition coefficient (Wildman–Crippen LogP) is 7.83. The van der Waals surface area contributed by atoms with Crippen LogP contribution in [0.15, 0.2) is 126 Å². The molecule has 0 unspecified atom stereocenters. The molecular weight excluding hydrogens is 456 g/mol. The Hall–Kier alpha value is -5.16. The van der Waals surface area contributed by atoms with Crippen molar-refractivity contribution < 1.29 is 4.42 Å². The van der Waals surface area contributed by atoms with Crippen molar-refractivity contribution in [1.82, 2.24) is 19.9 Å². The zero-order valence-electron chi connectivity index (χ0n) is 19.7. The summed E-state index contributed by atoms with van der Waals surface area (Å²) < 4.78 is 6.23. The normalized spacial score (nSPS) is 11.2. The number of furan rings is 1. The highest BCUT2D eigenvalue weighted by Crippen LogP contribution is 2.35. The van der Waals surface area contributed by atoms with Crippen LogP contribution >= 0.6 is 0 Å². The standard InChI is InChI=1S/C32H20N4O/c1-3-10-21(11-4-1)30-34-31(22-12-5-2-6-13-22)36-32(35-30)24-15-9-14-23(20-24)25-18-19-33-28-26-16-7-8-17-27(26)37-29(25)28/h1-20H. The lowest BCUT2D eigenvalue weighted by Gasteiger charge is -2.09. The Morgan fingerprint density at radius 1 is 0.486 bits per heavy atom. The summed E-state index contributed by atoms with van der Waals surface area (Å²) in [5.74, 6) is 1.89. The second kappa shape index (κ2) is 8.81. The lowest BCUT2D eigenvalue weighted by Crippen LogP contribution is -2.00. The molecule has 0 atom stereocenters. The third-order valence-electron chi connectivity index (χ3n) is 6.39. The third-order valence-corrected chi connectivity index (χ3v) is 6.39. The second-order valence-electron chi connectivity index (χ2n) is 8.75. The molecule has 0 aliphatic carbocycles. The molecule has 7 aromatic rings. The van der Waals surface area contributed by atoms with Crippen LogP contribution < -0.4 is 0 Å². The Balaban J connectivity index is 1.40. The number of benzene rings is 4. The molecule has 3 aromatic heterocycles. The summed E-state index contributed by atoms with van der Waals surface area (Å²) >= 11 is 0. The van der Waals surface area contributed by atoms with E-state index in [0.29, 0.717) is 17.5 Å². The number of hydrogen-bond donors (Lipinski definition) is 0. The SMILES string of the molecule is c1ccc(-c2nc(-c3ccccc3)nc(-c3cccc(-c4ccnc5c4oc4ccccc45)c3)n2)cc1. The summed E-state index contributed by atoms with van der Waals surface area (Å²) in [5.41, 5.74) is 7.22. The van der Waals surface area contributed by atoms with E-state index in [1.54, 1.807) is 0 Å². The van der Waals surface area contributed by atoms with Crippen LogP contribution in [0.25, 0.3) is 67.4 Å². The van der Waals surface area contributed by atoms with E-state index in [4.69, 9.17) is 19.4 Å². The fourth-order valence-electron chi connectivity index (χ4n) is 4.60. The molecule has 7 rings (SSSR count). The molecular formula is C32H20N4O. The fourth-order valence-corrected chi connectivity index (χ4v) is 4.60. The van der Waals surface area contributed by atoms with Gasteiger partial charge in [0.2, 0.25) is 0 Å². The van der Waals surface area contributed by atoms with Crippen LogP contribution in [0.2, 0.25) is 0 Å². The van der Waals surface area contributed by atoms with Gasteiger partial charge in [-0.2, -0.15) is 0 Å². The lowest BCUT2D eigenvalue weighted by atomic mass is 10.0. The van der Waals surface area contributed by atoms with E-state index >= 15 is 0 Å². The average molecular weight is 477 g/mol. The summed E-state index contributed by atoms with van der Waals surface area (Å²) in [6, 6.07) is 38.2. The van der Waals surface area contributed by atoms with E-state index < -0.39 is 0 Å². The van der Waals surface area contributed by atoms with Gasteiger partial charge in [0.25, 0.3) is 0 Å². The zero-order chi connectivity index (χ0) is 24.6. The minimum Gasteiger partial charge on any atom is -0.454 e. The van der Waals surface area contributed by atoms with Crippen LogP contribution in [-0.2, 0) is 0 Å². The first-order valence-electron chi connectivity index (χ1n) is 12.1. The van der Waals surface area contributed by atoms with Crippen molar-refractivity contribution in [2.24, 2.45) is 0 Å². The van der Waals surface area contributed by atoms with Crippen molar-refractivity contribution in [3.05, 3.63) is 121 Å². The van der Waals surface area contributed by atoms with Crippen molar-refractivity contribution in [2.45, 2.75) is 0 Å². The van der Waals surface area contributed by atoms with Crippen molar-refractivity contribution in [1.29, 1.82) is 0 Å². The number of rotatable bonds is 4. The molecule has 0 fully saturated rings. The third kappa shape index (κ3) is 3.83. The highest BCUT2D eigenvalue weighted by atomic mass is 16.3. The van der Waals surface area contributed by atoms with E-state index in [0.717, 1.165) is 49.9 Å². The topological polar surface area (TPSA) is 64.7 Å². The summed E-state index contributed by atoms with van der Waals surface area (Å²) in [6.45, 7) is 0. The molecule has 0 bridgehead atoms. The van der Waals surface area contributed by atoms with Gasteiger partial charge in [-0.3, -0.25) is 4.98 Å². The largest absolute Gasteiger partial charge is 0.454 e. The fraction of sp³-hybridized carbons (Fsp3) is 0. The quantitative estimate of drug-likeness (QED) is 0.259. The molecule has 37 heavy (non-hydrogen) atoms. The molecule has 4 aromatic carbocycles. The summed E-state index contributed by atoms with van der Waals surface area (Å²) in [6.07, 6.45) is 1.83. The predicted molar refractivity (Wildman–Crippen MR) is 147 cm³/mol. The smallest absolute Gasteiger partial charge is 0.164 e. The first-order chi connectivity index (χ1) is 18.3. The van der Waals surface area contributed by atoms with Gasteiger partial charge in [-0.15, -0.1) is 0 Å². The van der Waals surface area contributed by atoms with E-state index in [9.17, 15) is 0 Å². The van der Waals surface area contributed by atoms with Crippen molar-refractivity contribution in [2.75, 3.05) is 0 Å². The Bertz CT molecular complexity index is 1820. The summed E-state index contributed by atoms with van der Waals surface area (Å²) in [5, 5.41) is 1.01. The van der Waals surface area contributed by atoms with Gasteiger partial charge in [-0.25, -0.2) is 15.0 Å². The first-order valence-corrected chi connectivity index (χ1v) is 12.1. The van der Waals surface area contributed by atoms with Gasteiger partial charge in [0.1, 0.15) is 11.1 Å². The number of aromatic nitrogens is 4. The van der Waals surface area contributed by atoms with Gasteiger partial charge in [0.05, 0.1) is 0 Å². The Morgan fingerprint density at radius 2 is 1.05 bits per heavy atom. The lowest BCUT2D eigenvalue weighted by molar-refractivity contribution is 0.669. The van der Waals surface area contributed by atoms with Gasteiger partial charge >= 0.3 is 0 Å². The van der Waals surface area contributed by atoms with E-state index in [1.807, 2.05) is 109 Å². The molecule has 0 saturated heterocycles. The Labute approximate surface area is 213 Å². The number of hydrogen-bond acceptors (Lipinski definition) is 5. The Morgan fingerprint density at radius 3 is 1.76 bits per heavy atom. The van der Waals surface area contributed by atoms with Gasteiger partial charge in [0.15, 0.2) is 23.1 Å². The first kappa shape index (κ1) is 21.1. The average Bonchev–Trinajstić information content (AvgIpc) is 3.37. The zero-order valence-corrected chi connectivity index (χ0v) is 19.7. The van der Waals surface area contributed by atoms with Crippen molar-refractivity contribution in [3.63, 3.8) is 0 Å². The minimum atomic E-state index is 0.615. The van der Waals surface area contributed by atoms with Gasteiger partial charge in [-0.05, 0) is 29.8 Å². The molecule has 3 heterocycles. The van der Waals surface area contributed by atoms with E-state index in [-0.39, 0.29) is 0 Å². The molecule has 0 N–H and O–H groups in total. The maximum Gasteiger partial charge on any atom is 0.164 e. The maximum atomic E-state index is 6.23. The van der Waals surface area contributed by atoms with Crippen LogP contribution in [0, 0.1) is 0 Å². The minimum absolute atomic E-state index is 0.615. The van der Waals surface area contributed by atoms with E-state index in [1.165, 1.54) is 0 Å². The summed E-state index contributed by atoms with van der Waals surface area (Å²) in [7, 11) is 0. The maximum absolute atomic E-state index is 6.23. The molecule has 0 radical (unpaired) electrons. The number of nitrogens with zero attached hydrogens (tertiary/aromatic N) is 4. The van der Waals surface area contributed by atoms with Crippen LogP contribution in [-0.4, -0.2) is 19.9 Å². The van der Waals surface area contributed by atoms with Crippen LogP contribution in [0.5, 0.6) is 0 Å². The molecule has 0 saturated carbocycles. The van der Waals surface area contributed by atoms with Crippen molar-refractivity contribution >= 4 is 22.1 Å². The van der Waals surface area contributed by atoms with Crippen LogP contribution in [0.1, 0.15) is 0 Å². The van der Waals surface area contributed by atoms with Gasteiger partial charge < -0.3 is 4.42 Å². The number of para-hydroxylation sites is 1. The highest BCUT2D eigenvalue weighted by molar-refractivity contribution is 6.07. The molecule has 5 nitrogen and oxygen atoms in total. The molecule has 0 amide bonds. The van der Waals surface area contributed by atoms with Crippen LogP contribution in [0.3, 0.4) is 0 Å². The second-order valence-corrected chi connectivity index (χ2v) is 8.75. The molecule has 0 spiro atoms. The van der Waals surface area contributed by atoms with Crippen LogP contribution in [0.4, 0.5) is 0 Å². The van der Waals surface area contributed by atoms with E-state index in [2.05, 4.69) is 17.1 Å².